The van der Waals surface area contributed by atoms with Crippen molar-refractivity contribution < 1.29 is 14.3 Å². The molecule has 0 aromatic carbocycles. The summed E-state index contributed by atoms with van der Waals surface area (Å²) >= 11 is 3.55. The molecule has 0 radical (unpaired) electrons. The average molecular weight is 290 g/mol. The normalized spacial score (nSPS) is 25.8. The Morgan fingerprint density at radius 2 is 1.89 bits per heavy atom. The van der Waals surface area contributed by atoms with Gasteiger partial charge >= 0.3 is 5.97 Å². The summed E-state index contributed by atoms with van der Waals surface area (Å²) in [7, 11) is 1.35. The van der Waals surface area contributed by atoms with Crippen LogP contribution in [0.1, 0.15) is 27.2 Å². The van der Waals surface area contributed by atoms with E-state index in [0.717, 1.165) is 17.9 Å². The van der Waals surface area contributed by atoms with Gasteiger partial charge in [0.25, 0.3) is 0 Å². The molecule has 0 N–H and O–H groups in total. The molecule has 1 fully saturated rings. The van der Waals surface area contributed by atoms with Crippen molar-refractivity contribution in [2.75, 3.05) is 18.6 Å². The zero-order chi connectivity index (χ0) is 13.7. The van der Waals surface area contributed by atoms with E-state index >= 15 is 0 Å². The van der Waals surface area contributed by atoms with Crippen LogP contribution in [0.25, 0.3) is 0 Å². The molecule has 0 aliphatic carbocycles. The summed E-state index contributed by atoms with van der Waals surface area (Å²) in [6, 6.07) is 0. The zero-order valence-corrected chi connectivity index (χ0v) is 13.1. The monoisotopic (exact) mass is 290 g/mol. The molecule has 0 amide bonds. The zero-order valence-electron chi connectivity index (χ0n) is 11.5. The third-order valence-electron chi connectivity index (χ3n) is 3.16. The van der Waals surface area contributed by atoms with Crippen molar-refractivity contribution >= 4 is 35.3 Å². The number of thioether (sulfide) groups is 2. The standard InChI is InChI=1S/C13H22O3S2/c1-5-9-12(18-7-6-17-9)11(14)10(8(2)3)13(15)16-4/h8-10,12H,5-7H2,1-4H3. The first-order chi connectivity index (χ1) is 8.52. The fraction of sp³-hybridized carbons (Fsp3) is 0.846. The molecule has 0 spiro atoms. The summed E-state index contributed by atoms with van der Waals surface area (Å²) in [4.78, 5) is 24.3. The Balaban J connectivity index is 2.84. The highest BCUT2D eigenvalue weighted by Gasteiger charge is 2.40. The van der Waals surface area contributed by atoms with Crippen LogP contribution in [0.5, 0.6) is 0 Å². The van der Waals surface area contributed by atoms with Gasteiger partial charge in [0.15, 0.2) is 5.78 Å². The summed E-state index contributed by atoms with van der Waals surface area (Å²) in [5.74, 6) is 1.14. The van der Waals surface area contributed by atoms with Crippen LogP contribution in [0, 0.1) is 11.8 Å². The van der Waals surface area contributed by atoms with E-state index < -0.39 is 5.92 Å². The largest absolute Gasteiger partial charge is 0.468 e. The average Bonchev–Trinajstić information content (AvgIpc) is 2.37. The summed E-state index contributed by atoms with van der Waals surface area (Å²) < 4.78 is 4.78. The molecule has 0 bridgehead atoms. The second kappa shape index (κ2) is 7.43. The molecule has 1 aliphatic heterocycles. The maximum Gasteiger partial charge on any atom is 0.316 e. The maximum absolute atomic E-state index is 12.6. The topological polar surface area (TPSA) is 43.4 Å². The molecule has 3 unspecified atom stereocenters. The van der Waals surface area contributed by atoms with Gasteiger partial charge in [-0.1, -0.05) is 20.8 Å². The van der Waals surface area contributed by atoms with E-state index in [-0.39, 0.29) is 22.9 Å². The van der Waals surface area contributed by atoms with Crippen LogP contribution < -0.4 is 0 Å². The number of ether oxygens (including phenoxy) is 1. The predicted octanol–water partition coefficient (Wildman–Crippen LogP) is 2.63. The molecule has 0 saturated carbocycles. The molecule has 1 saturated heterocycles. The molecule has 1 heterocycles. The van der Waals surface area contributed by atoms with Gasteiger partial charge in [-0.05, 0) is 12.3 Å². The van der Waals surface area contributed by atoms with Gasteiger partial charge in [0.05, 0.1) is 12.4 Å². The van der Waals surface area contributed by atoms with Crippen molar-refractivity contribution in [3.8, 4) is 0 Å². The van der Waals surface area contributed by atoms with Gasteiger partial charge in [-0.3, -0.25) is 9.59 Å². The lowest BCUT2D eigenvalue weighted by atomic mass is 9.88. The van der Waals surface area contributed by atoms with Crippen LogP contribution in [-0.2, 0) is 14.3 Å². The highest BCUT2D eigenvalue weighted by Crippen LogP contribution is 2.36. The number of Topliss-reactive ketones (excluding diaryl/α,β-unsaturated/α-hetero) is 1. The van der Waals surface area contributed by atoms with Gasteiger partial charge in [-0.2, -0.15) is 11.8 Å². The molecule has 3 nitrogen and oxygen atoms in total. The molecular weight excluding hydrogens is 268 g/mol. The smallest absolute Gasteiger partial charge is 0.316 e. The predicted molar refractivity (Wildman–Crippen MR) is 78.1 cm³/mol. The van der Waals surface area contributed by atoms with E-state index in [1.165, 1.54) is 7.11 Å². The molecule has 5 heteroatoms. The quantitative estimate of drug-likeness (QED) is 0.575. The second-order valence-electron chi connectivity index (χ2n) is 4.76. The van der Waals surface area contributed by atoms with Crippen molar-refractivity contribution in [3.05, 3.63) is 0 Å². The van der Waals surface area contributed by atoms with Crippen molar-refractivity contribution in [2.45, 2.75) is 37.7 Å². The van der Waals surface area contributed by atoms with Gasteiger partial charge in [0.1, 0.15) is 5.92 Å². The van der Waals surface area contributed by atoms with Gasteiger partial charge in [-0.25, -0.2) is 0 Å². The molecule has 18 heavy (non-hydrogen) atoms. The Bertz CT molecular complexity index is 305. The Morgan fingerprint density at radius 3 is 2.39 bits per heavy atom. The second-order valence-corrected chi connectivity index (χ2v) is 7.35. The molecule has 1 aliphatic rings. The number of ketones is 1. The van der Waals surface area contributed by atoms with E-state index in [0.29, 0.717) is 5.25 Å². The third-order valence-corrected chi connectivity index (χ3v) is 6.43. The van der Waals surface area contributed by atoms with E-state index in [9.17, 15) is 9.59 Å². The first-order valence-corrected chi connectivity index (χ1v) is 8.47. The summed E-state index contributed by atoms with van der Waals surface area (Å²) in [6.45, 7) is 5.91. The Labute approximate surface area is 118 Å². The van der Waals surface area contributed by atoms with E-state index in [1.807, 2.05) is 25.6 Å². The number of esters is 1. The van der Waals surface area contributed by atoms with E-state index in [1.54, 1.807) is 11.8 Å². The van der Waals surface area contributed by atoms with Gasteiger partial charge in [-0.15, -0.1) is 11.8 Å². The molecule has 1 rings (SSSR count). The number of carbonyl (C=O) groups is 2. The number of hydrogen-bond donors (Lipinski definition) is 0. The number of methoxy groups -OCH3 is 1. The lowest BCUT2D eigenvalue weighted by Gasteiger charge is -2.31. The van der Waals surface area contributed by atoms with Crippen LogP contribution >= 0.6 is 23.5 Å². The van der Waals surface area contributed by atoms with Crippen LogP contribution in [-0.4, -0.2) is 40.9 Å². The molecule has 104 valence electrons. The minimum Gasteiger partial charge on any atom is -0.468 e. The maximum atomic E-state index is 12.6. The highest BCUT2D eigenvalue weighted by molar-refractivity contribution is 8.07. The first kappa shape index (κ1) is 15.9. The minimum atomic E-state index is -0.611. The van der Waals surface area contributed by atoms with Crippen molar-refractivity contribution in [1.29, 1.82) is 0 Å². The van der Waals surface area contributed by atoms with Crippen LogP contribution in [0.4, 0.5) is 0 Å². The van der Waals surface area contributed by atoms with Gasteiger partial charge in [0, 0.05) is 16.8 Å². The van der Waals surface area contributed by atoms with Crippen LogP contribution in [0.2, 0.25) is 0 Å². The van der Waals surface area contributed by atoms with Crippen molar-refractivity contribution in [2.24, 2.45) is 11.8 Å². The van der Waals surface area contributed by atoms with Crippen LogP contribution in [0.3, 0.4) is 0 Å². The van der Waals surface area contributed by atoms with Crippen molar-refractivity contribution in [3.63, 3.8) is 0 Å². The Morgan fingerprint density at radius 1 is 1.28 bits per heavy atom. The number of carbonyl (C=O) groups excluding carboxylic acids is 2. The SMILES string of the molecule is CCC1SCCSC1C(=O)C(C(=O)OC)C(C)C. The number of rotatable bonds is 5. The molecule has 3 atom stereocenters. The summed E-state index contributed by atoms with van der Waals surface area (Å²) in [6.07, 6.45) is 0.972. The Hall–Kier alpha value is -0.160. The minimum absolute atomic E-state index is 0.00465. The van der Waals surface area contributed by atoms with E-state index in [4.69, 9.17) is 4.74 Å². The lowest BCUT2D eigenvalue weighted by molar-refractivity contribution is -0.151. The van der Waals surface area contributed by atoms with Gasteiger partial charge < -0.3 is 4.74 Å². The number of hydrogen-bond acceptors (Lipinski definition) is 5. The molecule has 0 aromatic rings. The van der Waals surface area contributed by atoms with Gasteiger partial charge in [0.2, 0.25) is 0 Å². The molecular formula is C13H22O3S2. The Kier molecular flexibility index (Phi) is 6.57. The summed E-state index contributed by atoms with van der Waals surface area (Å²) in [5, 5.41) is 0.280. The lowest BCUT2D eigenvalue weighted by Crippen LogP contribution is -2.42. The highest BCUT2D eigenvalue weighted by atomic mass is 32.2. The van der Waals surface area contributed by atoms with Crippen molar-refractivity contribution in [1.82, 2.24) is 0 Å². The fourth-order valence-corrected chi connectivity index (χ4v) is 5.25. The third kappa shape index (κ3) is 3.67. The fourth-order valence-electron chi connectivity index (χ4n) is 2.19. The molecule has 0 aromatic heterocycles. The summed E-state index contributed by atoms with van der Waals surface area (Å²) in [5.41, 5.74) is 0. The van der Waals surface area contributed by atoms with Crippen LogP contribution in [0.15, 0.2) is 0 Å². The van der Waals surface area contributed by atoms with E-state index in [2.05, 4.69) is 6.92 Å². The first-order valence-electron chi connectivity index (χ1n) is 6.37.